The molecular formula is C59H37N3. The van der Waals surface area contributed by atoms with Crippen molar-refractivity contribution in [2.45, 2.75) is 23.7 Å². The van der Waals surface area contributed by atoms with Gasteiger partial charge in [0.25, 0.3) is 0 Å². The molecule has 2 unspecified atom stereocenters. The highest BCUT2D eigenvalue weighted by Gasteiger charge is 2.52. The van der Waals surface area contributed by atoms with Crippen LogP contribution in [0, 0.1) is 0 Å². The lowest BCUT2D eigenvalue weighted by atomic mass is 9.70. The van der Waals surface area contributed by atoms with E-state index in [9.17, 15) is 0 Å². The fraction of sp³-hybridized carbons (Fsp3) is 0.0678. The molecule has 0 N–H and O–H groups in total. The van der Waals surface area contributed by atoms with Crippen LogP contribution in [-0.4, -0.2) is 15.0 Å². The summed E-state index contributed by atoms with van der Waals surface area (Å²) in [6.45, 7) is 0. The quantitative estimate of drug-likeness (QED) is 0.178. The van der Waals surface area contributed by atoms with E-state index in [4.69, 9.17) is 15.0 Å². The van der Waals surface area contributed by atoms with Gasteiger partial charge in [-0.3, -0.25) is 0 Å². The van der Waals surface area contributed by atoms with Gasteiger partial charge >= 0.3 is 0 Å². The Morgan fingerprint density at radius 1 is 0.355 bits per heavy atom. The van der Waals surface area contributed by atoms with Crippen molar-refractivity contribution in [3.63, 3.8) is 0 Å². The molecule has 3 heteroatoms. The summed E-state index contributed by atoms with van der Waals surface area (Å²) in [6.07, 6.45) is 1.15. The molecule has 1 spiro atoms. The molecule has 62 heavy (non-hydrogen) atoms. The molecule has 10 aromatic rings. The van der Waals surface area contributed by atoms with Crippen molar-refractivity contribution in [1.29, 1.82) is 0 Å². The molecule has 1 heterocycles. The van der Waals surface area contributed by atoms with Crippen molar-refractivity contribution < 1.29 is 0 Å². The minimum Gasteiger partial charge on any atom is -0.208 e. The van der Waals surface area contributed by atoms with Gasteiger partial charge in [0.2, 0.25) is 0 Å². The number of rotatable bonds is 4. The molecule has 3 nitrogen and oxygen atoms in total. The maximum absolute atomic E-state index is 5.38. The first-order chi connectivity index (χ1) is 30.8. The number of benzene rings is 9. The molecule has 4 aliphatic carbocycles. The maximum atomic E-state index is 5.38. The van der Waals surface area contributed by atoms with E-state index < -0.39 is 0 Å². The Labute approximate surface area is 360 Å². The Balaban J connectivity index is 0.939. The third-order valence-electron chi connectivity index (χ3n) is 14.3. The molecule has 288 valence electrons. The summed E-state index contributed by atoms with van der Waals surface area (Å²) >= 11 is 0. The van der Waals surface area contributed by atoms with Crippen LogP contribution in [0.3, 0.4) is 0 Å². The number of nitrogens with zero attached hydrogens (tertiary/aromatic N) is 3. The van der Waals surface area contributed by atoms with Crippen LogP contribution >= 0.6 is 0 Å². The second kappa shape index (κ2) is 12.6. The molecule has 0 radical (unpaired) electrons. The summed E-state index contributed by atoms with van der Waals surface area (Å²) in [7, 11) is 0. The first-order valence-electron chi connectivity index (χ1n) is 21.8. The van der Waals surface area contributed by atoms with Crippen LogP contribution in [0.25, 0.3) is 89.4 Å². The first-order valence-corrected chi connectivity index (χ1v) is 21.8. The van der Waals surface area contributed by atoms with Crippen molar-refractivity contribution in [1.82, 2.24) is 15.0 Å². The van der Waals surface area contributed by atoms with E-state index >= 15 is 0 Å². The molecule has 1 aromatic heterocycles. The molecule has 0 amide bonds. The summed E-state index contributed by atoms with van der Waals surface area (Å²) in [5.41, 5.74) is 21.2. The highest BCUT2D eigenvalue weighted by molar-refractivity contribution is 6.05. The Bertz CT molecular complexity index is 3470. The minimum absolute atomic E-state index is 0.380. The summed E-state index contributed by atoms with van der Waals surface area (Å²) < 4.78 is 0. The molecule has 0 bridgehead atoms. The van der Waals surface area contributed by atoms with Gasteiger partial charge in [-0.05, 0) is 113 Å². The van der Waals surface area contributed by atoms with Crippen LogP contribution in [0.2, 0.25) is 0 Å². The maximum Gasteiger partial charge on any atom is 0.164 e. The minimum atomic E-state index is -0.380. The normalized spacial score (nSPS) is 16.5. The Morgan fingerprint density at radius 2 is 0.887 bits per heavy atom. The van der Waals surface area contributed by atoms with Crippen LogP contribution in [0.15, 0.2) is 200 Å². The molecule has 4 aliphatic rings. The smallest absolute Gasteiger partial charge is 0.164 e. The second-order valence-corrected chi connectivity index (χ2v) is 17.3. The van der Waals surface area contributed by atoms with Gasteiger partial charge in [0, 0.05) is 16.7 Å². The molecule has 0 saturated heterocycles. The predicted molar refractivity (Wildman–Crippen MR) is 251 cm³/mol. The van der Waals surface area contributed by atoms with Crippen LogP contribution in [0.5, 0.6) is 0 Å². The van der Waals surface area contributed by atoms with E-state index in [2.05, 4.69) is 194 Å². The average molecular weight is 788 g/mol. The monoisotopic (exact) mass is 787 g/mol. The summed E-state index contributed by atoms with van der Waals surface area (Å²) in [5.74, 6) is 3.06. The summed E-state index contributed by atoms with van der Waals surface area (Å²) in [5, 5.41) is 2.49. The van der Waals surface area contributed by atoms with Crippen LogP contribution in [-0.2, 0) is 5.41 Å². The second-order valence-electron chi connectivity index (χ2n) is 17.3. The molecule has 2 atom stereocenters. The van der Waals surface area contributed by atoms with Crippen molar-refractivity contribution in [2.24, 2.45) is 0 Å². The van der Waals surface area contributed by atoms with Crippen LogP contribution in [0.4, 0.5) is 0 Å². The van der Waals surface area contributed by atoms with Gasteiger partial charge in [0.05, 0.1) is 5.41 Å². The fourth-order valence-corrected chi connectivity index (χ4v) is 11.7. The van der Waals surface area contributed by atoms with E-state index in [-0.39, 0.29) is 5.41 Å². The van der Waals surface area contributed by atoms with Gasteiger partial charge in [-0.2, -0.15) is 0 Å². The van der Waals surface area contributed by atoms with Crippen molar-refractivity contribution >= 4 is 10.8 Å². The molecule has 14 rings (SSSR count). The molecule has 1 saturated carbocycles. The van der Waals surface area contributed by atoms with Crippen LogP contribution < -0.4 is 0 Å². The number of fused-ring (bicyclic) bond motifs is 18. The SMILES string of the molecule is c1ccc(-c2nc(-c3ccc(-c4cccc5c4-c4ccccc4C54c5ccccc5-c5ccccc54)cc3)nc(-c3cc4ccccc4c4c3C3CC3c3ccccc3-4)n2)cc1. The van der Waals surface area contributed by atoms with Gasteiger partial charge < -0.3 is 0 Å². The third-order valence-corrected chi connectivity index (χ3v) is 14.3. The Hall–Kier alpha value is -7.75. The highest BCUT2D eigenvalue weighted by atomic mass is 15.0. The fourth-order valence-electron chi connectivity index (χ4n) is 11.7. The van der Waals surface area contributed by atoms with E-state index in [0.717, 1.165) is 34.5 Å². The lowest BCUT2D eigenvalue weighted by molar-refractivity contribution is 0.794. The molecule has 0 aliphatic heterocycles. The number of aromatic nitrogens is 3. The van der Waals surface area contributed by atoms with Gasteiger partial charge in [0.1, 0.15) is 0 Å². The average Bonchev–Trinajstić information content (AvgIpc) is 4.03. The Kier molecular flexibility index (Phi) is 6.93. The standard InChI is InChI=1S/C59H37N3/c1-2-15-36(16-3-1)56-60-57(62-58(61-56)48-33-38-17-4-5-18-40(38)54-44-22-7-6-19-41(44)46-34-47(46)55(48)54)37-31-29-35(30-32-37)39-24-14-28-52-53(39)45-23-10-13-27-51(45)59(52)49-25-11-8-20-42(49)43-21-9-12-26-50(43)59/h1-33,46-47H,34H2. The Morgan fingerprint density at radius 3 is 1.63 bits per heavy atom. The zero-order valence-corrected chi connectivity index (χ0v) is 33.8. The van der Waals surface area contributed by atoms with Crippen molar-refractivity contribution in [3.05, 3.63) is 234 Å². The van der Waals surface area contributed by atoms with E-state index in [1.165, 1.54) is 83.1 Å². The van der Waals surface area contributed by atoms with Crippen LogP contribution in [0.1, 0.15) is 51.6 Å². The molecule has 9 aromatic carbocycles. The third kappa shape index (κ3) is 4.57. The van der Waals surface area contributed by atoms with Gasteiger partial charge in [0.15, 0.2) is 17.5 Å². The predicted octanol–water partition coefficient (Wildman–Crippen LogP) is 14.3. The molecule has 1 fully saturated rings. The van der Waals surface area contributed by atoms with E-state index in [1.54, 1.807) is 0 Å². The van der Waals surface area contributed by atoms with E-state index in [1.807, 2.05) is 6.07 Å². The summed E-state index contributed by atoms with van der Waals surface area (Å²) in [4.78, 5) is 15.9. The number of hydrogen-bond acceptors (Lipinski definition) is 3. The largest absolute Gasteiger partial charge is 0.208 e. The highest BCUT2D eigenvalue weighted by Crippen LogP contribution is 2.66. The zero-order chi connectivity index (χ0) is 40.5. The zero-order valence-electron chi connectivity index (χ0n) is 33.8. The van der Waals surface area contributed by atoms with Crippen molar-refractivity contribution in [3.8, 4) is 78.7 Å². The number of hydrogen-bond donors (Lipinski definition) is 0. The summed E-state index contributed by atoms with van der Waals surface area (Å²) in [6, 6.07) is 73.3. The van der Waals surface area contributed by atoms with Crippen molar-refractivity contribution in [2.75, 3.05) is 0 Å². The lowest BCUT2D eigenvalue weighted by Gasteiger charge is -2.30. The topological polar surface area (TPSA) is 38.7 Å². The first kappa shape index (κ1) is 34.0. The van der Waals surface area contributed by atoms with Gasteiger partial charge in [-0.1, -0.05) is 194 Å². The molecular weight excluding hydrogens is 751 g/mol. The van der Waals surface area contributed by atoms with E-state index in [0.29, 0.717) is 23.5 Å². The van der Waals surface area contributed by atoms with Gasteiger partial charge in [-0.15, -0.1) is 0 Å². The lowest BCUT2D eigenvalue weighted by Crippen LogP contribution is -2.25. The van der Waals surface area contributed by atoms with Gasteiger partial charge in [-0.25, -0.2) is 15.0 Å².